The van der Waals surface area contributed by atoms with Crippen molar-refractivity contribution in [1.29, 1.82) is 0 Å². The second-order valence-corrected chi connectivity index (χ2v) is 4.67. The maximum absolute atomic E-state index is 11.9. The number of furan rings is 1. The summed E-state index contributed by atoms with van der Waals surface area (Å²) in [5, 5.41) is 0. The van der Waals surface area contributed by atoms with E-state index in [9.17, 15) is 4.79 Å². The summed E-state index contributed by atoms with van der Waals surface area (Å²) in [5.74, 6) is 0.739. The van der Waals surface area contributed by atoms with Gasteiger partial charge in [-0.25, -0.2) is 4.79 Å². The summed E-state index contributed by atoms with van der Waals surface area (Å²) in [4.78, 5) is 11.9. The van der Waals surface area contributed by atoms with Gasteiger partial charge in [-0.05, 0) is 31.4 Å². The number of methoxy groups -OCH3 is 1. The minimum absolute atomic E-state index is 0.0497. The summed E-state index contributed by atoms with van der Waals surface area (Å²) >= 11 is 0. The highest BCUT2D eigenvalue weighted by molar-refractivity contribution is 5.86. The van der Waals surface area contributed by atoms with Crippen molar-refractivity contribution < 1.29 is 18.7 Å². The highest BCUT2D eigenvalue weighted by Gasteiger charge is 2.26. The minimum atomic E-state index is -0.364. The Balaban J connectivity index is 1.90. The predicted octanol–water partition coefficient (Wildman–Crippen LogP) is 2.96. The lowest BCUT2D eigenvalue weighted by molar-refractivity contribution is -0.0169. The Morgan fingerprint density at radius 3 is 2.83 bits per heavy atom. The Labute approximate surface area is 107 Å². The highest BCUT2D eigenvalue weighted by atomic mass is 16.6. The van der Waals surface area contributed by atoms with E-state index in [1.54, 1.807) is 13.2 Å². The number of hydrogen-bond donors (Lipinski definition) is 0. The van der Waals surface area contributed by atoms with Crippen LogP contribution in [-0.4, -0.2) is 25.3 Å². The predicted molar refractivity (Wildman–Crippen MR) is 66.6 cm³/mol. The van der Waals surface area contributed by atoms with Crippen molar-refractivity contribution in [2.45, 2.75) is 51.2 Å². The molecule has 1 aromatic rings. The van der Waals surface area contributed by atoms with E-state index < -0.39 is 0 Å². The molecule has 0 N–H and O–H groups in total. The number of ether oxygens (including phenoxy) is 2. The molecule has 0 saturated heterocycles. The first-order chi connectivity index (χ1) is 8.72. The molecule has 1 fully saturated rings. The smallest absolute Gasteiger partial charge is 0.374 e. The largest absolute Gasteiger partial charge is 0.456 e. The van der Waals surface area contributed by atoms with E-state index >= 15 is 0 Å². The summed E-state index contributed by atoms with van der Waals surface area (Å²) in [6.45, 7) is 1.98. The topological polar surface area (TPSA) is 48.7 Å². The summed E-state index contributed by atoms with van der Waals surface area (Å²) in [6, 6.07) is 3.49. The van der Waals surface area contributed by atoms with Crippen LogP contribution in [0, 0.1) is 0 Å². The molecule has 18 heavy (non-hydrogen) atoms. The molecule has 0 aliphatic heterocycles. The quantitative estimate of drug-likeness (QED) is 0.773. The van der Waals surface area contributed by atoms with Crippen molar-refractivity contribution in [3.05, 3.63) is 23.7 Å². The zero-order valence-corrected chi connectivity index (χ0v) is 11.0. The molecule has 1 aromatic heterocycles. The normalized spacial score (nSPS) is 23.9. The zero-order valence-electron chi connectivity index (χ0n) is 11.0. The molecule has 1 aliphatic rings. The van der Waals surface area contributed by atoms with Gasteiger partial charge in [-0.1, -0.05) is 6.92 Å². The maximum Gasteiger partial charge on any atom is 0.374 e. The van der Waals surface area contributed by atoms with Crippen LogP contribution in [-0.2, 0) is 15.9 Å². The van der Waals surface area contributed by atoms with Gasteiger partial charge in [0.2, 0.25) is 5.76 Å². The molecule has 1 heterocycles. The summed E-state index contributed by atoms with van der Waals surface area (Å²) in [5.41, 5.74) is 0. The minimum Gasteiger partial charge on any atom is -0.456 e. The molecule has 0 radical (unpaired) electrons. The van der Waals surface area contributed by atoms with Gasteiger partial charge < -0.3 is 13.9 Å². The number of rotatable bonds is 4. The van der Waals surface area contributed by atoms with Gasteiger partial charge in [-0.15, -0.1) is 0 Å². The third-order valence-corrected chi connectivity index (χ3v) is 3.40. The number of carbonyl (C=O) groups is 1. The Morgan fingerprint density at radius 2 is 2.17 bits per heavy atom. The molecule has 0 aromatic carbocycles. The van der Waals surface area contributed by atoms with E-state index in [1.807, 2.05) is 13.0 Å². The lowest BCUT2D eigenvalue weighted by atomic mass is 9.95. The molecular weight excluding hydrogens is 232 g/mol. The van der Waals surface area contributed by atoms with Crippen molar-refractivity contribution in [1.82, 2.24) is 0 Å². The van der Waals surface area contributed by atoms with E-state index in [0.29, 0.717) is 5.76 Å². The SMILES string of the molecule is CCc1ccc(C(=O)OC2CCCC(OC)C2)o1. The van der Waals surface area contributed by atoms with Crippen LogP contribution in [0.1, 0.15) is 48.9 Å². The molecule has 2 rings (SSSR count). The number of aryl methyl sites for hydroxylation is 1. The van der Waals surface area contributed by atoms with Crippen LogP contribution >= 0.6 is 0 Å². The molecule has 1 aliphatic carbocycles. The first-order valence-electron chi connectivity index (χ1n) is 6.55. The molecule has 4 nitrogen and oxygen atoms in total. The second kappa shape index (κ2) is 6.05. The summed E-state index contributed by atoms with van der Waals surface area (Å²) < 4.78 is 16.2. The van der Waals surface area contributed by atoms with E-state index in [4.69, 9.17) is 13.9 Å². The van der Waals surface area contributed by atoms with Crippen LogP contribution in [0.2, 0.25) is 0 Å². The Morgan fingerprint density at radius 1 is 1.39 bits per heavy atom. The van der Waals surface area contributed by atoms with Gasteiger partial charge in [-0.3, -0.25) is 0 Å². The highest BCUT2D eigenvalue weighted by Crippen LogP contribution is 2.24. The fraction of sp³-hybridized carbons (Fsp3) is 0.643. The molecule has 2 atom stereocenters. The van der Waals surface area contributed by atoms with Gasteiger partial charge in [0.05, 0.1) is 6.10 Å². The van der Waals surface area contributed by atoms with Crippen LogP contribution in [0.3, 0.4) is 0 Å². The maximum atomic E-state index is 11.9. The zero-order chi connectivity index (χ0) is 13.0. The number of hydrogen-bond acceptors (Lipinski definition) is 4. The van der Waals surface area contributed by atoms with Gasteiger partial charge in [0.1, 0.15) is 11.9 Å². The fourth-order valence-corrected chi connectivity index (χ4v) is 2.31. The third kappa shape index (κ3) is 3.13. The average molecular weight is 252 g/mol. The van der Waals surface area contributed by atoms with E-state index in [2.05, 4.69) is 0 Å². The summed E-state index contributed by atoms with van der Waals surface area (Å²) in [6.07, 6.45) is 4.71. The molecule has 4 heteroatoms. The van der Waals surface area contributed by atoms with Gasteiger partial charge >= 0.3 is 5.97 Å². The van der Waals surface area contributed by atoms with Crippen molar-refractivity contribution in [3.63, 3.8) is 0 Å². The van der Waals surface area contributed by atoms with Gasteiger partial charge in [0.15, 0.2) is 0 Å². The number of esters is 1. The molecule has 2 unspecified atom stereocenters. The Bertz CT molecular complexity index is 396. The van der Waals surface area contributed by atoms with Crippen LogP contribution in [0.25, 0.3) is 0 Å². The standard InChI is InChI=1S/C14H20O4/c1-3-10-7-8-13(17-10)14(15)18-12-6-4-5-11(9-12)16-2/h7-8,11-12H,3-6,9H2,1-2H3. The first kappa shape index (κ1) is 13.1. The molecule has 0 spiro atoms. The monoisotopic (exact) mass is 252 g/mol. The van der Waals surface area contributed by atoms with Crippen LogP contribution < -0.4 is 0 Å². The average Bonchev–Trinajstić information content (AvgIpc) is 2.88. The lowest BCUT2D eigenvalue weighted by Gasteiger charge is -2.27. The van der Waals surface area contributed by atoms with Gasteiger partial charge in [0, 0.05) is 20.0 Å². The molecule has 100 valence electrons. The molecule has 1 saturated carbocycles. The Hall–Kier alpha value is -1.29. The van der Waals surface area contributed by atoms with Crippen molar-refractivity contribution >= 4 is 5.97 Å². The van der Waals surface area contributed by atoms with Crippen LogP contribution in [0.15, 0.2) is 16.5 Å². The van der Waals surface area contributed by atoms with Crippen molar-refractivity contribution in [3.8, 4) is 0 Å². The third-order valence-electron chi connectivity index (χ3n) is 3.40. The van der Waals surface area contributed by atoms with Crippen molar-refractivity contribution in [2.24, 2.45) is 0 Å². The van der Waals surface area contributed by atoms with Crippen LogP contribution in [0.5, 0.6) is 0 Å². The molecule has 0 bridgehead atoms. The summed E-state index contributed by atoms with van der Waals surface area (Å²) in [7, 11) is 1.70. The van der Waals surface area contributed by atoms with Gasteiger partial charge in [0.25, 0.3) is 0 Å². The number of carbonyl (C=O) groups excluding carboxylic acids is 1. The second-order valence-electron chi connectivity index (χ2n) is 4.67. The Kier molecular flexibility index (Phi) is 4.42. The van der Waals surface area contributed by atoms with Gasteiger partial charge in [-0.2, -0.15) is 0 Å². The first-order valence-corrected chi connectivity index (χ1v) is 6.55. The van der Waals surface area contributed by atoms with E-state index in [0.717, 1.165) is 37.9 Å². The molecular formula is C14H20O4. The van der Waals surface area contributed by atoms with Crippen molar-refractivity contribution in [2.75, 3.05) is 7.11 Å². The lowest BCUT2D eigenvalue weighted by Crippen LogP contribution is -2.29. The van der Waals surface area contributed by atoms with Crippen LogP contribution in [0.4, 0.5) is 0 Å². The molecule has 0 amide bonds. The fourth-order valence-electron chi connectivity index (χ4n) is 2.31. The van der Waals surface area contributed by atoms with E-state index in [-0.39, 0.29) is 18.2 Å². The van der Waals surface area contributed by atoms with E-state index in [1.165, 1.54) is 0 Å².